The van der Waals surface area contributed by atoms with E-state index in [4.69, 9.17) is 0 Å². The van der Waals surface area contributed by atoms with Gasteiger partial charge in [0.15, 0.2) is 5.82 Å². The van der Waals surface area contributed by atoms with E-state index < -0.39 is 0 Å². The van der Waals surface area contributed by atoms with Crippen molar-refractivity contribution in [3.63, 3.8) is 0 Å². The van der Waals surface area contributed by atoms with Crippen molar-refractivity contribution >= 4 is 11.5 Å². The van der Waals surface area contributed by atoms with E-state index in [1.54, 1.807) is 6.20 Å². The van der Waals surface area contributed by atoms with Crippen LogP contribution in [-0.2, 0) is 6.42 Å². The van der Waals surface area contributed by atoms with Crippen LogP contribution in [0.25, 0.3) is 0 Å². The number of anilines is 1. The summed E-state index contributed by atoms with van der Waals surface area (Å²) in [6.07, 6.45) is 2.18. The molecular weight excluding hydrogens is 314 g/mol. The first-order valence-electron chi connectivity index (χ1n) is 7.90. The number of aromatic amines is 1. The Morgan fingerprint density at radius 3 is 2.40 bits per heavy atom. The van der Waals surface area contributed by atoms with Crippen LogP contribution in [0.3, 0.4) is 0 Å². The molecule has 0 saturated heterocycles. The molecule has 0 aliphatic rings. The fraction of sp³-hybridized carbons (Fsp3) is 0.100. The second-order valence-electron chi connectivity index (χ2n) is 5.48. The van der Waals surface area contributed by atoms with Crippen molar-refractivity contribution in [1.29, 1.82) is 0 Å². The van der Waals surface area contributed by atoms with Crippen LogP contribution in [0.1, 0.15) is 16.7 Å². The number of hydrogen-bond acceptors (Lipinski definition) is 3. The second-order valence-corrected chi connectivity index (χ2v) is 5.48. The molecule has 0 amide bonds. The summed E-state index contributed by atoms with van der Waals surface area (Å²) in [5.74, 6) is 6.37. The highest BCUT2D eigenvalue weighted by molar-refractivity contribution is 5.63. The van der Waals surface area contributed by atoms with E-state index in [-0.39, 0.29) is 10.6 Å². The molecule has 5 nitrogen and oxygen atoms in total. The molecule has 124 valence electrons. The van der Waals surface area contributed by atoms with Gasteiger partial charge in [-0.05, 0) is 17.7 Å². The number of H-pyrrole nitrogens is 1. The van der Waals surface area contributed by atoms with Gasteiger partial charge in [0.05, 0.1) is 17.0 Å². The standard InChI is InChI=1S/C20H17N3O2/c24-23(25)19-18(14-17-10-5-2-6-11-17)15-22-20(19)21-13-7-12-16-8-3-1-4-9-16/h1-6,8-11,15,21-22H,13-14H2. The number of nitrogens with one attached hydrogen (secondary N) is 2. The van der Waals surface area contributed by atoms with Crippen molar-refractivity contribution in [3.8, 4) is 11.8 Å². The van der Waals surface area contributed by atoms with Gasteiger partial charge in [0.1, 0.15) is 0 Å². The first kappa shape index (κ1) is 16.3. The second kappa shape index (κ2) is 7.84. The average Bonchev–Trinajstić information content (AvgIpc) is 3.03. The van der Waals surface area contributed by atoms with Gasteiger partial charge in [-0.25, -0.2) is 0 Å². The molecule has 0 bridgehead atoms. The third-order valence-electron chi connectivity index (χ3n) is 3.71. The van der Waals surface area contributed by atoms with Crippen molar-refractivity contribution in [3.05, 3.63) is 93.7 Å². The maximum absolute atomic E-state index is 11.5. The van der Waals surface area contributed by atoms with Crippen LogP contribution in [-0.4, -0.2) is 16.5 Å². The summed E-state index contributed by atoms with van der Waals surface area (Å²) in [5, 5.41) is 14.5. The highest BCUT2D eigenvalue weighted by Crippen LogP contribution is 2.29. The number of nitrogens with zero attached hydrogens (tertiary/aromatic N) is 1. The Kier molecular flexibility index (Phi) is 5.13. The highest BCUT2D eigenvalue weighted by atomic mass is 16.6. The van der Waals surface area contributed by atoms with Gasteiger partial charge in [-0.1, -0.05) is 60.4 Å². The van der Waals surface area contributed by atoms with Crippen LogP contribution in [0.15, 0.2) is 66.9 Å². The van der Waals surface area contributed by atoms with Gasteiger partial charge < -0.3 is 10.3 Å². The predicted molar refractivity (Wildman–Crippen MR) is 98.5 cm³/mol. The Bertz CT molecular complexity index is 906. The van der Waals surface area contributed by atoms with Crippen molar-refractivity contribution in [2.75, 3.05) is 11.9 Å². The lowest BCUT2D eigenvalue weighted by Gasteiger charge is -2.01. The highest BCUT2D eigenvalue weighted by Gasteiger charge is 2.21. The minimum atomic E-state index is -0.359. The van der Waals surface area contributed by atoms with E-state index >= 15 is 0 Å². The zero-order valence-electron chi connectivity index (χ0n) is 13.5. The molecule has 5 heteroatoms. The summed E-state index contributed by atoms with van der Waals surface area (Å²) >= 11 is 0. The number of rotatable bonds is 5. The molecule has 1 heterocycles. The Morgan fingerprint density at radius 1 is 1.04 bits per heavy atom. The van der Waals surface area contributed by atoms with Crippen molar-refractivity contribution in [2.24, 2.45) is 0 Å². The number of aromatic nitrogens is 1. The van der Waals surface area contributed by atoms with E-state index in [1.807, 2.05) is 60.7 Å². The van der Waals surface area contributed by atoms with Gasteiger partial charge in [-0.15, -0.1) is 0 Å². The third kappa shape index (κ3) is 4.27. The largest absolute Gasteiger partial charge is 0.355 e. The van der Waals surface area contributed by atoms with Crippen LogP contribution < -0.4 is 5.32 Å². The summed E-state index contributed by atoms with van der Waals surface area (Å²) in [4.78, 5) is 14.1. The lowest BCUT2D eigenvalue weighted by atomic mass is 10.1. The topological polar surface area (TPSA) is 71.0 Å². The minimum Gasteiger partial charge on any atom is -0.355 e. The maximum Gasteiger partial charge on any atom is 0.314 e. The molecule has 0 unspecified atom stereocenters. The van der Waals surface area contributed by atoms with Crippen LogP contribution in [0.5, 0.6) is 0 Å². The Labute approximate surface area is 145 Å². The SMILES string of the molecule is O=[N+]([O-])c1c(Cc2ccccc2)c[nH]c1NCC#Cc1ccccc1. The van der Waals surface area contributed by atoms with E-state index in [0.717, 1.165) is 11.1 Å². The van der Waals surface area contributed by atoms with Crippen LogP contribution in [0, 0.1) is 22.0 Å². The monoisotopic (exact) mass is 331 g/mol. The Balaban J connectivity index is 1.72. The van der Waals surface area contributed by atoms with Gasteiger partial charge in [0, 0.05) is 18.2 Å². The molecule has 25 heavy (non-hydrogen) atoms. The normalized spacial score (nSPS) is 9.92. The summed E-state index contributed by atoms with van der Waals surface area (Å²) in [7, 11) is 0. The lowest BCUT2D eigenvalue weighted by Crippen LogP contribution is -2.03. The van der Waals surface area contributed by atoms with Gasteiger partial charge >= 0.3 is 5.69 Å². The van der Waals surface area contributed by atoms with E-state index in [9.17, 15) is 10.1 Å². The molecule has 1 aromatic heterocycles. The molecular formula is C20H17N3O2. The zero-order valence-corrected chi connectivity index (χ0v) is 13.5. The van der Waals surface area contributed by atoms with Crippen molar-refractivity contribution in [1.82, 2.24) is 4.98 Å². The summed E-state index contributed by atoms with van der Waals surface area (Å²) in [6.45, 7) is 0.320. The lowest BCUT2D eigenvalue weighted by molar-refractivity contribution is -0.384. The predicted octanol–water partition coefficient (Wildman–Crippen LogP) is 3.98. The van der Waals surface area contributed by atoms with Gasteiger partial charge in [-0.3, -0.25) is 10.1 Å². The number of nitro groups is 1. The quantitative estimate of drug-likeness (QED) is 0.422. The molecule has 0 atom stereocenters. The molecule has 3 aromatic rings. The first-order valence-corrected chi connectivity index (χ1v) is 7.90. The summed E-state index contributed by atoms with van der Waals surface area (Å²) < 4.78 is 0. The van der Waals surface area contributed by atoms with E-state index in [1.165, 1.54) is 0 Å². The molecule has 0 fully saturated rings. The van der Waals surface area contributed by atoms with Crippen LogP contribution >= 0.6 is 0 Å². The van der Waals surface area contributed by atoms with Crippen LogP contribution in [0.4, 0.5) is 11.5 Å². The fourth-order valence-corrected chi connectivity index (χ4v) is 2.55. The Hall–Kier alpha value is -3.52. The van der Waals surface area contributed by atoms with Crippen molar-refractivity contribution in [2.45, 2.75) is 6.42 Å². The number of hydrogen-bond donors (Lipinski definition) is 2. The summed E-state index contributed by atoms with van der Waals surface area (Å²) in [5.41, 5.74) is 2.66. The van der Waals surface area contributed by atoms with E-state index in [0.29, 0.717) is 24.3 Å². The van der Waals surface area contributed by atoms with Gasteiger partial charge in [-0.2, -0.15) is 0 Å². The smallest absolute Gasteiger partial charge is 0.314 e. The minimum absolute atomic E-state index is 0.0744. The molecule has 0 saturated carbocycles. The molecule has 0 radical (unpaired) electrons. The van der Waals surface area contributed by atoms with Gasteiger partial charge in [0.25, 0.3) is 0 Å². The molecule has 2 aromatic carbocycles. The average molecular weight is 331 g/mol. The molecule has 3 rings (SSSR count). The summed E-state index contributed by atoms with van der Waals surface area (Å²) in [6, 6.07) is 19.3. The first-order chi connectivity index (χ1) is 12.2. The molecule has 0 spiro atoms. The fourth-order valence-electron chi connectivity index (χ4n) is 2.55. The van der Waals surface area contributed by atoms with Crippen molar-refractivity contribution < 1.29 is 4.92 Å². The third-order valence-corrected chi connectivity index (χ3v) is 3.71. The van der Waals surface area contributed by atoms with Gasteiger partial charge in [0.2, 0.25) is 0 Å². The number of benzene rings is 2. The molecule has 0 aliphatic heterocycles. The zero-order chi connectivity index (χ0) is 17.5. The van der Waals surface area contributed by atoms with E-state index in [2.05, 4.69) is 22.1 Å². The maximum atomic E-state index is 11.5. The molecule has 2 N–H and O–H groups in total. The van der Waals surface area contributed by atoms with Crippen LogP contribution in [0.2, 0.25) is 0 Å². The molecule has 0 aliphatic carbocycles. The Morgan fingerprint density at radius 2 is 1.72 bits per heavy atom.